The molecule has 0 bridgehead atoms. The molecule has 0 fully saturated rings. The van der Waals surface area contributed by atoms with Crippen molar-refractivity contribution in [2.75, 3.05) is 0 Å². The molecule has 2 nitrogen and oxygen atoms in total. The molecule has 3 heteroatoms. The van der Waals surface area contributed by atoms with Crippen molar-refractivity contribution in [2.24, 2.45) is 0 Å². The molecule has 1 atom stereocenters. The fourth-order valence-electron chi connectivity index (χ4n) is 1.93. The summed E-state index contributed by atoms with van der Waals surface area (Å²) in [6, 6.07) is 13.6. The van der Waals surface area contributed by atoms with Gasteiger partial charge < -0.3 is 9.84 Å². The molecule has 0 saturated carbocycles. The van der Waals surface area contributed by atoms with Gasteiger partial charge in [-0.05, 0) is 42.7 Å². The summed E-state index contributed by atoms with van der Waals surface area (Å²) in [5, 5.41) is 9.60. The van der Waals surface area contributed by atoms with Gasteiger partial charge in [0, 0.05) is 4.47 Å². The Morgan fingerprint density at radius 1 is 1.21 bits per heavy atom. The summed E-state index contributed by atoms with van der Waals surface area (Å²) in [5.41, 5.74) is 2.04. The number of aliphatic hydroxyl groups is 1. The lowest BCUT2D eigenvalue weighted by atomic mass is 10.1. The number of aliphatic hydroxyl groups excluding tert-OH is 1. The average molecular weight is 321 g/mol. The Morgan fingerprint density at radius 3 is 2.58 bits per heavy atom. The van der Waals surface area contributed by atoms with Gasteiger partial charge in [0.15, 0.2) is 0 Å². The van der Waals surface area contributed by atoms with Crippen molar-refractivity contribution in [3.05, 3.63) is 58.1 Å². The molecule has 0 radical (unpaired) electrons. The smallest absolute Gasteiger partial charge is 0.130 e. The second-order valence-corrected chi connectivity index (χ2v) is 5.28. The summed E-state index contributed by atoms with van der Waals surface area (Å²) in [5.74, 6) is 1.64. The molecule has 100 valence electrons. The maximum Gasteiger partial charge on any atom is 0.130 e. The lowest BCUT2D eigenvalue weighted by Crippen LogP contribution is -1.94. The van der Waals surface area contributed by atoms with E-state index in [1.54, 1.807) is 6.92 Å². The molecule has 1 N–H and O–H groups in total. The number of rotatable bonds is 4. The van der Waals surface area contributed by atoms with Crippen molar-refractivity contribution >= 4 is 15.9 Å². The molecule has 2 aromatic rings. The molecule has 0 heterocycles. The number of halogens is 1. The van der Waals surface area contributed by atoms with E-state index in [-0.39, 0.29) is 0 Å². The molecular formula is C16H17BrO2. The Bertz CT molecular complexity index is 564. The Kier molecular flexibility index (Phi) is 4.61. The number of benzene rings is 2. The van der Waals surface area contributed by atoms with Crippen LogP contribution in [0.2, 0.25) is 0 Å². The van der Waals surface area contributed by atoms with Crippen molar-refractivity contribution in [2.45, 2.75) is 26.4 Å². The van der Waals surface area contributed by atoms with Crippen molar-refractivity contribution in [3.63, 3.8) is 0 Å². The molecule has 0 aliphatic heterocycles. The zero-order valence-corrected chi connectivity index (χ0v) is 12.6. The first-order valence-corrected chi connectivity index (χ1v) is 7.14. The maximum atomic E-state index is 9.60. The van der Waals surface area contributed by atoms with Crippen LogP contribution in [0.1, 0.15) is 31.1 Å². The van der Waals surface area contributed by atoms with Gasteiger partial charge in [0.1, 0.15) is 11.5 Å². The molecule has 0 saturated heterocycles. The van der Waals surface area contributed by atoms with Crippen LogP contribution in [0, 0.1) is 0 Å². The molecule has 0 aliphatic rings. The highest BCUT2D eigenvalue weighted by Crippen LogP contribution is 2.31. The van der Waals surface area contributed by atoms with Gasteiger partial charge in [0.05, 0.1) is 6.10 Å². The molecule has 0 aromatic heterocycles. The average Bonchev–Trinajstić information content (AvgIpc) is 2.39. The zero-order chi connectivity index (χ0) is 13.8. The van der Waals surface area contributed by atoms with E-state index in [1.165, 1.54) is 5.56 Å². The fourth-order valence-corrected chi connectivity index (χ4v) is 2.62. The minimum absolute atomic E-state index is 0.494. The number of ether oxygens (including phenoxy) is 1. The van der Waals surface area contributed by atoms with Gasteiger partial charge in [-0.1, -0.05) is 47.1 Å². The highest BCUT2D eigenvalue weighted by atomic mass is 79.9. The second-order valence-electron chi connectivity index (χ2n) is 4.42. The molecule has 0 spiro atoms. The Balaban J connectivity index is 2.26. The number of para-hydroxylation sites is 1. The van der Waals surface area contributed by atoms with Gasteiger partial charge in [-0.2, -0.15) is 0 Å². The van der Waals surface area contributed by atoms with Gasteiger partial charge in [0.25, 0.3) is 0 Å². The molecule has 2 aromatic carbocycles. The minimum Gasteiger partial charge on any atom is -0.457 e. The number of aryl methyl sites for hydroxylation is 1. The summed E-state index contributed by atoms with van der Waals surface area (Å²) in [6.45, 7) is 3.85. The van der Waals surface area contributed by atoms with E-state index in [1.807, 2.05) is 36.4 Å². The summed E-state index contributed by atoms with van der Waals surface area (Å²) in [6.07, 6.45) is 0.440. The lowest BCUT2D eigenvalue weighted by Gasteiger charge is -2.12. The molecule has 0 aliphatic carbocycles. The lowest BCUT2D eigenvalue weighted by molar-refractivity contribution is 0.198. The van der Waals surface area contributed by atoms with E-state index in [9.17, 15) is 5.11 Å². The monoisotopic (exact) mass is 320 g/mol. The Labute approximate surface area is 122 Å². The number of hydrogen-bond donors (Lipinski definition) is 1. The van der Waals surface area contributed by atoms with Crippen molar-refractivity contribution < 1.29 is 9.84 Å². The van der Waals surface area contributed by atoms with Crippen LogP contribution >= 0.6 is 15.9 Å². The minimum atomic E-state index is -0.494. The standard InChI is InChI=1S/C16H17BrO2/c1-3-12-6-4-5-7-16(12)19-13-8-9-14(11(2)18)15(17)10-13/h4-11,18H,3H2,1-2H3. The highest BCUT2D eigenvalue weighted by Gasteiger charge is 2.08. The van der Waals surface area contributed by atoms with Crippen LogP contribution in [0.25, 0.3) is 0 Å². The van der Waals surface area contributed by atoms with Gasteiger partial charge >= 0.3 is 0 Å². The van der Waals surface area contributed by atoms with E-state index in [2.05, 4.69) is 28.9 Å². The first kappa shape index (κ1) is 14.1. The predicted octanol–water partition coefficient (Wildman–Crippen LogP) is 4.86. The van der Waals surface area contributed by atoms with E-state index in [0.29, 0.717) is 0 Å². The molecule has 19 heavy (non-hydrogen) atoms. The molecular weight excluding hydrogens is 304 g/mol. The van der Waals surface area contributed by atoms with Crippen molar-refractivity contribution in [1.82, 2.24) is 0 Å². The van der Waals surface area contributed by atoms with Crippen LogP contribution in [-0.2, 0) is 6.42 Å². The first-order valence-electron chi connectivity index (χ1n) is 6.35. The maximum absolute atomic E-state index is 9.60. The Morgan fingerprint density at radius 2 is 1.95 bits per heavy atom. The third-order valence-corrected chi connectivity index (χ3v) is 3.69. The predicted molar refractivity (Wildman–Crippen MR) is 80.7 cm³/mol. The van der Waals surface area contributed by atoms with Crippen molar-refractivity contribution in [1.29, 1.82) is 0 Å². The van der Waals surface area contributed by atoms with E-state index < -0.39 is 6.10 Å². The second kappa shape index (κ2) is 6.22. The largest absolute Gasteiger partial charge is 0.457 e. The third kappa shape index (κ3) is 3.37. The molecule has 1 unspecified atom stereocenters. The fraction of sp³-hybridized carbons (Fsp3) is 0.250. The van der Waals surface area contributed by atoms with Gasteiger partial charge in [-0.15, -0.1) is 0 Å². The highest BCUT2D eigenvalue weighted by molar-refractivity contribution is 9.10. The van der Waals surface area contributed by atoms with Crippen molar-refractivity contribution in [3.8, 4) is 11.5 Å². The van der Waals surface area contributed by atoms with E-state index >= 15 is 0 Å². The van der Waals surface area contributed by atoms with Gasteiger partial charge in [-0.3, -0.25) is 0 Å². The summed E-state index contributed by atoms with van der Waals surface area (Å²) < 4.78 is 6.76. The van der Waals surface area contributed by atoms with Crippen LogP contribution in [0.3, 0.4) is 0 Å². The zero-order valence-electron chi connectivity index (χ0n) is 11.1. The summed E-state index contributed by atoms with van der Waals surface area (Å²) in [4.78, 5) is 0. The molecule has 2 rings (SSSR count). The molecule has 0 amide bonds. The summed E-state index contributed by atoms with van der Waals surface area (Å²) in [7, 11) is 0. The van der Waals surface area contributed by atoms with E-state index in [0.717, 1.165) is 28.0 Å². The topological polar surface area (TPSA) is 29.5 Å². The normalized spacial score (nSPS) is 12.2. The van der Waals surface area contributed by atoms with Crippen LogP contribution in [0.5, 0.6) is 11.5 Å². The van der Waals surface area contributed by atoms with E-state index in [4.69, 9.17) is 4.74 Å². The van der Waals surface area contributed by atoms with Crippen LogP contribution in [0.15, 0.2) is 46.9 Å². The van der Waals surface area contributed by atoms with Crippen LogP contribution in [-0.4, -0.2) is 5.11 Å². The van der Waals surface area contributed by atoms with Crippen LogP contribution < -0.4 is 4.74 Å². The first-order chi connectivity index (χ1) is 9.11. The summed E-state index contributed by atoms with van der Waals surface area (Å²) >= 11 is 3.46. The van der Waals surface area contributed by atoms with Crippen LogP contribution in [0.4, 0.5) is 0 Å². The third-order valence-electron chi connectivity index (χ3n) is 3.00. The van der Waals surface area contributed by atoms with Gasteiger partial charge in [-0.25, -0.2) is 0 Å². The quantitative estimate of drug-likeness (QED) is 0.871. The number of hydrogen-bond acceptors (Lipinski definition) is 2. The van der Waals surface area contributed by atoms with Gasteiger partial charge in [0.2, 0.25) is 0 Å². The Hall–Kier alpha value is -1.32. The SMILES string of the molecule is CCc1ccccc1Oc1ccc(C(C)O)c(Br)c1.